The molecule has 22 heavy (non-hydrogen) atoms. The van der Waals surface area contributed by atoms with Crippen molar-refractivity contribution in [2.24, 2.45) is 17.3 Å². The lowest BCUT2D eigenvalue weighted by molar-refractivity contribution is -0.156. The summed E-state index contributed by atoms with van der Waals surface area (Å²) in [7, 11) is 0. The Labute approximate surface area is 130 Å². The molecule has 3 N–H and O–H groups in total. The van der Waals surface area contributed by atoms with E-state index in [1.165, 1.54) is 0 Å². The summed E-state index contributed by atoms with van der Waals surface area (Å²) in [6.45, 7) is 4.17. The molecule has 0 radical (unpaired) electrons. The Morgan fingerprint density at radius 1 is 1.23 bits per heavy atom. The van der Waals surface area contributed by atoms with Gasteiger partial charge in [0, 0.05) is 13.0 Å². The minimum Gasteiger partial charge on any atom is -0.481 e. The zero-order valence-electron chi connectivity index (χ0n) is 13.2. The number of hydrogen-bond acceptors (Lipinski definition) is 3. The van der Waals surface area contributed by atoms with Crippen molar-refractivity contribution in [3.05, 3.63) is 12.2 Å². The molecule has 1 rings (SSSR count). The van der Waals surface area contributed by atoms with Crippen LogP contribution in [0.5, 0.6) is 0 Å². The van der Waals surface area contributed by atoms with Crippen LogP contribution >= 0.6 is 0 Å². The fourth-order valence-corrected chi connectivity index (χ4v) is 2.89. The van der Waals surface area contributed by atoms with E-state index in [1.54, 1.807) is 6.08 Å². The Morgan fingerprint density at radius 3 is 2.36 bits per heavy atom. The summed E-state index contributed by atoms with van der Waals surface area (Å²) in [5, 5.41) is 21.0. The Morgan fingerprint density at radius 2 is 1.91 bits per heavy atom. The molecule has 1 unspecified atom stereocenters. The molecule has 0 saturated carbocycles. The van der Waals surface area contributed by atoms with E-state index < -0.39 is 23.3 Å². The number of hydrogen-bond donors (Lipinski definition) is 3. The quantitative estimate of drug-likeness (QED) is 0.470. The zero-order valence-corrected chi connectivity index (χ0v) is 13.2. The summed E-state index contributed by atoms with van der Waals surface area (Å²) in [5.74, 6) is -2.41. The molecule has 2 atom stereocenters. The summed E-state index contributed by atoms with van der Waals surface area (Å²) in [5.41, 5.74) is -1.42. The van der Waals surface area contributed by atoms with Gasteiger partial charge in [0.1, 0.15) is 5.41 Å². The maximum absolute atomic E-state index is 12.4. The van der Waals surface area contributed by atoms with Gasteiger partial charge in [0.2, 0.25) is 5.91 Å². The smallest absolute Gasteiger partial charge is 0.319 e. The summed E-state index contributed by atoms with van der Waals surface area (Å²) in [6.07, 6.45) is 5.26. The first kappa shape index (κ1) is 18.2. The van der Waals surface area contributed by atoms with Gasteiger partial charge in [-0.15, -0.1) is 0 Å². The van der Waals surface area contributed by atoms with Crippen molar-refractivity contribution in [2.75, 3.05) is 6.54 Å². The molecule has 1 amide bonds. The highest BCUT2D eigenvalue weighted by Crippen LogP contribution is 2.33. The van der Waals surface area contributed by atoms with Crippen LogP contribution in [-0.4, -0.2) is 34.6 Å². The van der Waals surface area contributed by atoms with E-state index in [2.05, 4.69) is 5.32 Å². The molecule has 6 nitrogen and oxygen atoms in total. The maximum Gasteiger partial charge on any atom is 0.319 e. The number of carboxylic acid groups (broad SMARTS) is 2. The fraction of sp³-hybridized carbons (Fsp3) is 0.688. The highest BCUT2D eigenvalue weighted by atomic mass is 16.4. The van der Waals surface area contributed by atoms with E-state index in [0.717, 1.165) is 0 Å². The summed E-state index contributed by atoms with van der Waals surface area (Å²) in [6, 6.07) is 0. The number of allylic oxidation sites excluding steroid dienone is 2. The molecule has 0 bridgehead atoms. The van der Waals surface area contributed by atoms with Gasteiger partial charge >= 0.3 is 11.9 Å². The number of carbonyl (C=O) groups excluding carboxylic acids is 1. The maximum atomic E-state index is 12.4. The number of amides is 1. The lowest BCUT2D eigenvalue weighted by Gasteiger charge is -2.30. The Balaban J connectivity index is 2.70. The van der Waals surface area contributed by atoms with Gasteiger partial charge in [-0.3, -0.25) is 14.4 Å². The van der Waals surface area contributed by atoms with Gasteiger partial charge < -0.3 is 15.5 Å². The van der Waals surface area contributed by atoms with Crippen LogP contribution in [0.4, 0.5) is 0 Å². The number of aliphatic carboxylic acids is 2. The third kappa shape index (κ3) is 4.86. The molecule has 0 aromatic carbocycles. The van der Waals surface area contributed by atoms with E-state index in [1.807, 2.05) is 19.9 Å². The van der Waals surface area contributed by atoms with Gasteiger partial charge in [-0.05, 0) is 37.5 Å². The molecule has 124 valence electrons. The van der Waals surface area contributed by atoms with E-state index in [-0.39, 0.29) is 31.7 Å². The van der Waals surface area contributed by atoms with Crippen molar-refractivity contribution in [1.29, 1.82) is 0 Å². The third-order valence-corrected chi connectivity index (χ3v) is 4.03. The van der Waals surface area contributed by atoms with Gasteiger partial charge in [-0.25, -0.2) is 0 Å². The van der Waals surface area contributed by atoms with Gasteiger partial charge in [0.25, 0.3) is 0 Å². The summed E-state index contributed by atoms with van der Waals surface area (Å²) < 4.78 is 0. The average molecular weight is 311 g/mol. The van der Waals surface area contributed by atoms with Gasteiger partial charge in [0.05, 0.1) is 0 Å². The molecule has 0 aromatic heterocycles. The zero-order chi connectivity index (χ0) is 16.8. The van der Waals surface area contributed by atoms with E-state index in [4.69, 9.17) is 5.11 Å². The lowest BCUT2D eigenvalue weighted by Crippen LogP contribution is -2.48. The van der Waals surface area contributed by atoms with E-state index in [0.29, 0.717) is 18.8 Å². The van der Waals surface area contributed by atoms with E-state index in [9.17, 15) is 19.5 Å². The van der Waals surface area contributed by atoms with Crippen LogP contribution in [0.1, 0.15) is 46.0 Å². The molecular weight excluding hydrogens is 286 g/mol. The average Bonchev–Trinajstić information content (AvgIpc) is 2.43. The molecule has 0 heterocycles. The Hall–Kier alpha value is -1.85. The van der Waals surface area contributed by atoms with Crippen LogP contribution in [0.3, 0.4) is 0 Å². The first-order valence-corrected chi connectivity index (χ1v) is 7.66. The minimum absolute atomic E-state index is 0.0293. The fourth-order valence-electron chi connectivity index (χ4n) is 2.89. The van der Waals surface area contributed by atoms with E-state index >= 15 is 0 Å². The molecule has 0 saturated heterocycles. The summed E-state index contributed by atoms with van der Waals surface area (Å²) >= 11 is 0. The van der Waals surface area contributed by atoms with Gasteiger partial charge in [-0.2, -0.15) is 0 Å². The van der Waals surface area contributed by atoms with Crippen molar-refractivity contribution in [3.63, 3.8) is 0 Å². The second kappa shape index (κ2) is 7.96. The lowest BCUT2D eigenvalue weighted by atomic mass is 9.76. The Kier molecular flexibility index (Phi) is 6.59. The van der Waals surface area contributed by atoms with Crippen molar-refractivity contribution >= 4 is 17.8 Å². The Bertz CT molecular complexity index is 457. The molecule has 1 aliphatic rings. The number of nitrogens with one attached hydrogen (secondary N) is 1. The van der Waals surface area contributed by atoms with Gasteiger partial charge in [0.15, 0.2) is 0 Å². The minimum atomic E-state index is -1.42. The van der Waals surface area contributed by atoms with Crippen LogP contribution in [0.2, 0.25) is 0 Å². The first-order chi connectivity index (χ1) is 10.3. The predicted molar refractivity (Wildman–Crippen MR) is 81.3 cm³/mol. The molecule has 0 aromatic rings. The highest BCUT2D eigenvalue weighted by Gasteiger charge is 2.45. The predicted octanol–water partition coefficient (Wildman–Crippen LogP) is 2.05. The molecule has 0 aliphatic heterocycles. The third-order valence-electron chi connectivity index (χ3n) is 4.03. The van der Waals surface area contributed by atoms with Crippen LogP contribution in [-0.2, 0) is 14.4 Å². The monoisotopic (exact) mass is 311 g/mol. The highest BCUT2D eigenvalue weighted by molar-refractivity contribution is 6.02. The molecular formula is C16H25NO5. The van der Waals surface area contributed by atoms with Gasteiger partial charge in [-0.1, -0.05) is 26.0 Å². The largest absolute Gasteiger partial charge is 0.481 e. The number of carboxylic acids is 2. The molecule has 1 aliphatic carbocycles. The summed E-state index contributed by atoms with van der Waals surface area (Å²) in [4.78, 5) is 34.8. The molecule has 6 heteroatoms. The van der Waals surface area contributed by atoms with Crippen molar-refractivity contribution in [2.45, 2.75) is 46.0 Å². The normalized spacial score (nSPS) is 22.3. The van der Waals surface area contributed by atoms with Crippen LogP contribution < -0.4 is 5.32 Å². The van der Waals surface area contributed by atoms with Crippen LogP contribution in [0.15, 0.2) is 12.2 Å². The van der Waals surface area contributed by atoms with Crippen LogP contribution in [0, 0.1) is 17.3 Å². The second-order valence-corrected chi connectivity index (χ2v) is 6.40. The first-order valence-electron chi connectivity index (χ1n) is 7.66. The standard InChI is InChI=1S/C16H25NO5/c1-11(2)8-12(9-13(18)19)10-17-14(20)16(15(21)22)6-4-3-5-7-16/h3-4,11-12H,5-10H2,1-2H3,(H,17,20)(H,18,19)(H,21,22)/t12-,16?/m0/s1. The van der Waals surface area contributed by atoms with Crippen molar-refractivity contribution in [3.8, 4) is 0 Å². The molecule has 0 spiro atoms. The SMILES string of the molecule is CC(C)C[C@H](CNC(=O)C1(C(=O)O)CC=CCC1)CC(=O)O. The van der Waals surface area contributed by atoms with Crippen molar-refractivity contribution < 1.29 is 24.6 Å². The molecule has 0 fully saturated rings. The number of rotatable bonds is 8. The topological polar surface area (TPSA) is 104 Å². The second-order valence-electron chi connectivity index (χ2n) is 6.40. The number of carbonyl (C=O) groups is 3. The van der Waals surface area contributed by atoms with Crippen molar-refractivity contribution in [1.82, 2.24) is 5.32 Å². The van der Waals surface area contributed by atoms with Crippen LogP contribution in [0.25, 0.3) is 0 Å².